The second-order valence-corrected chi connectivity index (χ2v) is 6.37. The molecule has 2 aliphatic heterocycles. The summed E-state index contributed by atoms with van der Waals surface area (Å²) in [6.45, 7) is 6.21. The van der Waals surface area contributed by atoms with Crippen LogP contribution in [0.15, 0.2) is 12.4 Å². The van der Waals surface area contributed by atoms with Crippen LogP contribution < -0.4 is 0 Å². The van der Waals surface area contributed by atoms with Crippen LogP contribution in [0, 0.1) is 5.92 Å². The largest absolute Gasteiger partial charge is 0.348 e. The Balaban J connectivity index is 1.60. The molecule has 3 heterocycles. The molecule has 0 aromatic carbocycles. The molecule has 0 aliphatic carbocycles. The first-order valence-corrected chi connectivity index (χ1v) is 8.28. The third kappa shape index (κ3) is 3.28. The topological polar surface area (TPSA) is 52.2 Å². The van der Waals surface area contributed by atoms with Crippen LogP contribution in [0.25, 0.3) is 0 Å². The molecule has 1 aromatic rings. The summed E-state index contributed by atoms with van der Waals surface area (Å²) < 4.78 is 0. The third-order valence-electron chi connectivity index (χ3n) is 4.91. The molecule has 2 fully saturated rings. The summed E-state index contributed by atoms with van der Waals surface area (Å²) in [6, 6.07) is 0.477. The van der Waals surface area contributed by atoms with Gasteiger partial charge in [0, 0.05) is 44.5 Å². The van der Waals surface area contributed by atoms with Gasteiger partial charge in [0.15, 0.2) is 0 Å². The van der Waals surface area contributed by atoms with Crippen LogP contribution in [0.3, 0.4) is 0 Å². The van der Waals surface area contributed by atoms with Gasteiger partial charge in [0.2, 0.25) is 5.91 Å². The minimum Gasteiger partial charge on any atom is -0.348 e. The van der Waals surface area contributed by atoms with Gasteiger partial charge in [0.1, 0.15) is 5.82 Å². The van der Waals surface area contributed by atoms with Crippen LogP contribution in [0.5, 0.6) is 0 Å². The van der Waals surface area contributed by atoms with Gasteiger partial charge in [-0.1, -0.05) is 13.3 Å². The van der Waals surface area contributed by atoms with Crippen LogP contribution >= 0.6 is 0 Å². The van der Waals surface area contributed by atoms with Crippen molar-refractivity contribution in [1.29, 1.82) is 0 Å². The maximum Gasteiger partial charge on any atom is 0.222 e. The molecular weight excluding hydrogens is 264 g/mol. The summed E-state index contributed by atoms with van der Waals surface area (Å²) in [6.07, 6.45) is 8.89. The van der Waals surface area contributed by atoms with Crippen molar-refractivity contribution in [3.8, 4) is 0 Å². The number of piperidine rings is 2. The number of carbonyl (C=O) groups is 1. The molecule has 1 aromatic heterocycles. The van der Waals surface area contributed by atoms with Gasteiger partial charge in [-0.2, -0.15) is 0 Å². The highest BCUT2D eigenvalue weighted by Gasteiger charge is 2.38. The van der Waals surface area contributed by atoms with Gasteiger partial charge in [-0.25, -0.2) is 4.98 Å². The summed E-state index contributed by atoms with van der Waals surface area (Å²) in [7, 11) is 0. The molecule has 0 bridgehead atoms. The van der Waals surface area contributed by atoms with Crippen LogP contribution in [0.2, 0.25) is 0 Å². The van der Waals surface area contributed by atoms with Crippen LogP contribution in [-0.2, 0) is 11.3 Å². The van der Waals surface area contributed by atoms with Gasteiger partial charge < -0.3 is 9.88 Å². The molecule has 116 valence electrons. The van der Waals surface area contributed by atoms with Crippen molar-refractivity contribution in [1.82, 2.24) is 19.8 Å². The number of amides is 1. The minimum absolute atomic E-state index is 0.379. The van der Waals surface area contributed by atoms with Crippen LogP contribution in [-0.4, -0.2) is 51.4 Å². The lowest BCUT2D eigenvalue weighted by Crippen LogP contribution is -2.56. The number of rotatable bonds is 5. The normalized spacial score (nSPS) is 26.9. The van der Waals surface area contributed by atoms with Gasteiger partial charge in [-0.05, 0) is 25.2 Å². The number of unbranched alkanes of at least 4 members (excludes halogenated alkanes) is 1. The average Bonchev–Trinajstić information content (AvgIpc) is 2.99. The summed E-state index contributed by atoms with van der Waals surface area (Å²) in [5.74, 6) is 2.07. The highest BCUT2D eigenvalue weighted by Crippen LogP contribution is 2.31. The predicted octanol–water partition coefficient (Wildman–Crippen LogP) is 2.02. The van der Waals surface area contributed by atoms with Gasteiger partial charge in [-0.15, -0.1) is 0 Å². The number of aromatic nitrogens is 2. The third-order valence-corrected chi connectivity index (χ3v) is 4.91. The Morgan fingerprint density at radius 2 is 2.33 bits per heavy atom. The molecule has 0 saturated carbocycles. The van der Waals surface area contributed by atoms with Crippen molar-refractivity contribution in [3.63, 3.8) is 0 Å². The molecule has 2 atom stereocenters. The number of H-pyrrole nitrogens is 1. The Morgan fingerprint density at radius 1 is 1.43 bits per heavy atom. The van der Waals surface area contributed by atoms with Gasteiger partial charge >= 0.3 is 0 Å². The molecular formula is C16H26N4O. The Bertz CT molecular complexity index is 459. The van der Waals surface area contributed by atoms with E-state index in [-0.39, 0.29) is 0 Å². The maximum absolute atomic E-state index is 12.2. The lowest BCUT2D eigenvalue weighted by Gasteiger charge is -2.47. The quantitative estimate of drug-likeness (QED) is 0.902. The van der Waals surface area contributed by atoms with Crippen LogP contribution in [0.1, 0.15) is 44.9 Å². The van der Waals surface area contributed by atoms with Gasteiger partial charge in [0.25, 0.3) is 0 Å². The fourth-order valence-corrected chi connectivity index (χ4v) is 3.79. The Morgan fingerprint density at radius 3 is 3.10 bits per heavy atom. The lowest BCUT2D eigenvalue weighted by atomic mass is 9.83. The summed E-state index contributed by atoms with van der Waals surface area (Å²) in [4.78, 5) is 24.4. The Hall–Kier alpha value is -1.36. The van der Waals surface area contributed by atoms with Crippen molar-refractivity contribution in [2.24, 2.45) is 5.92 Å². The molecule has 5 heteroatoms. The van der Waals surface area contributed by atoms with Gasteiger partial charge in [-0.3, -0.25) is 9.69 Å². The first kappa shape index (κ1) is 14.6. The molecule has 1 amide bonds. The first-order chi connectivity index (χ1) is 10.3. The highest BCUT2D eigenvalue weighted by molar-refractivity contribution is 5.77. The standard InChI is InChI=1S/C16H26N4O/c1-2-3-9-20-14-6-10-19(12-15-17-7-8-18-15)11-13(14)4-5-16(20)21/h7-8,13-14H,2-6,9-12H2,1H3,(H,17,18)/t13-,14+/m0/s1. The number of imidazole rings is 1. The van der Waals surface area contributed by atoms with E-state index < -0.39 is 0 Å². The summed E-state index contributed by atoms with van der Waals surface area (Å²) in [5, 5.41) is 0. The smallest absolute Gasteiger partial charge is 0.222 e. The Labute approximate surface area is 126 Å². The van der Waals surface area contributed by atoms with E-state index in [0.717, 1.165) is 64.1 Å². The number of aromatic amines is 1. The number of carbonyl (C=O) groups excluding carboxylic acids is 1. The zero-order valence-electron chi connectivity index (χ0n) is 12.9. The molecule has 5 nitrogen and oxygen atoms in total. The van der Waals surface area contributed by atoms with E-state index in [0.29, 0.717) is 17.9 Å². The summed E-state index contributed by atoms with van der Waals surface area (Å²) >= 11 is 0. The minimum atomic E-state index is 0.379. The maximum atomic E-state index is 12.2. The average molecular weight is 290 g/mol. The fraction of sp³-hybridized carbons (Fsp3) is 0.750. The summed E-state index contributed by atoms with van der Waals surface area (Å²) in [5.41, 5.74) is 0. The number of likely N-dealkylation sites (tertiary alicyclic amines) is 2. The second-order valence-electron chi connectivity index (χ2n) is 6.37. The molecule has 0 spiro atoms. The van der Waals surface area contributed by atoms with Crippen molar-refractivity contribution in [2.45, 2.75) is 51.6 Å². The van der Waals surface area contributed by atoms with Crippen molar-refractivity contribution >= 4 is 5.91 Å². The van der Waals surface area contributed by atoms with Crippen molar-refractivity contribution in [3.05, 3.63) is 18.2 Å². The zero-order valence-corrected chi connectivity index (χ0v) is 12.9. The number of hydrogen-bond donors (Lipinski definition) is 1. The molecule has 1 N–H and O–H groups in total. The van der Waals surface area contributed by atoms with Gasteiger partial charge in [0.05, 0.1) is 6.54 Å². The molecule has 0 radical (unpaired) electrons. The predicted molar refractivity (Wildman–Crippen MR) is 81.6 cm³/mol. The fourth-order valence-electron chi connectivity index (χ4n) is 3.79. The molecule has 3 rings (SSSR count). The zero-order chi connectivity index (χ0) is 14.7. The molecule has 0 unspecified atom stereocenters. The van der Waals surface area contributed by atoms with Crippen LogP contribution in [0.4, 0.5) is 0 Å². The number of nitrogens with zero attached hydrogens (tertiary/aromatic N) is 3. The van der Waals surface area contributed by atoms with E-state index in [1.807, 2.05) is 12.4 Å². The molecule has 2 aliphatic rings. The SMILES string of the molecule is CCCCN1C(=O)CC[C@H]2CN(Cc3ncc[nH]3)CC[C@H]21. The van der Waals surface area contributed by atoms with E-state index in [1.54, 1.807) is 0 Å². The number of fused-ring (bicyclic) bond motifs is 1. The van der Waals surface area contributed by atoms with E-state index in [2.05, 4.69) is 26.7 Å². The molecule has 21 heavy (non-hydrogen) atoms. The van der Waals surface area contributed by atoms with E-state index in [9.17, 15) is 4.79 Å². The number of hydrogen-bond acceptors (Lipinski definition) is 3. The highest BCUT2D eigenvalue weighted by atomic mass is 16.2. The lowest BCUT2D eigenvalue weighted by molar-refractivity contribution is -0.141. The number of nitrogens with one attached hydrogen (secondary N) is 1. The Kier molecular flexibility index (Phi) is 4.58. The van der Waals surface area contributed by atoms with E-state index >= 15 is 0 Å². The monoisotopic (exact) mass is 290 g/mol. The van der Waals surface area contributed by atoms with E-state index in [4.69, 9.17) is 0 Å². The van der Waals surface area contributed by atoms with Crippen molar-refractivity contribution in [2.75, 3.05) is 19.6 Å². The first-order valence-electron chi connectivity index (χ1n) is 8.28. The second kappa shape index (κ2) is 6.60. The van der Waals surface area contributed by atoms with Crippen molar-refractivity contribution < 1.29 is 4.79 Å². The van der Waals surface area contributed by atoms with E-state index in [1.165, 1.54) is 0 Å². The molecule has 2 saturated heterocycles.